The molecule has 0 aromatic carbocycles. The van der Waals surface area contributed by atoms with Gasteiger partial charge in [0.1, 0.15) is 6.07 Å². The fourth-order valence-electron chi connectivity index (χ4n) is 3.37. The van der Waals surface area contributed by atoms with E-state index in [-0.39, 0.29) is 0 Å². The maximum absolute atomic E-state index is 9.10. The Labute approximate surface area is 147 Å². The first-order chi connectivity index (χ1) is 11.8. The zero-order chi connectivity index (χ0) is 16.8. The Hall–Kier alpha value is -1.90. The zero-order valence-corrected chi connectivity index (χ0v) is 14.9. The SMILES string of the molecule is COc1ncccc1CN1CCC(CCc2sccc2C#N)CC1. The lowest BCUT2D eigenvalue weighted by Crippen LogP contribution is -2.33. The second kappa shape index (κ2) is 8.27. The van der Waals surface area contributed by atoms with Crippen LogP contribution in [-0.2, 0) is 13.0 Å². The monoisotopic (exact) mass is 341 g/mol. The van der Waals surface area contributed by atoms with Crippen LogP contribution in [0.3, 0.4) is 0 Å². The number of nitrogens with zero attached hydrogens (tertiary/aromatic N) is 3. The Kier molecular flexibility index (Phi) is 5.84. The molecule has 24 heavy (non-hydrogen) atoms. The fourth-order valence-corrected chi connectivity index (χ4v) is 4.22. The van der Waals surface area contributed by atoms with Gasteiger partial charge in [0.25, 0.3) is 0 Å². The van der Waals surface area contributed by atoms with Crippen LogP contribution in [0.4, 0.5) is 0 Å². The van der Waals surface area contributed by atoms with Gasteiger partial charge in [0.15, 0.2) is 0 Å². The van der Waals surface area contributed by atoms with Gasteiger partial charge >= 0.3 is 0 Å². The number of piperidine rings is 1. The molecule has 0 aliphatic carbocycles. The number of aryl methyl sites for hydroxylation is 1. The molecule has 0 saturated carbocycles. The Morgan fingerprint density at radius 1 is 1.38 bits per heavy atom. The minimum absolute atomic E-state index is 0.737. The molecule has 1 fully saturated rings. The average Bonchev–Trinajstić information content (AvgIpc) is 3.09. The molecule has 1 saturated heterocycles. The molecule has 0 bridgehead atoms. The summed E-state index contributed by atoms with van der Waals surface area (Å²) >= 11 is 1.72. The second-order valence-corrected chi connectivity index (χ2v) is 7.30. The first kappa shape index (κ1) is 16.9. The lowest BCUT2D eigenvalue weighted by atomic mass is 9.91. The van der Waals surface area contributed by atoms with Crippen molar-refractivity contribution in [3.8, 4) is 11.9 Å². The van der Waals surface area contributed by atoms with E-state index in [1.807, 2.05) is 17.5 Å². The third kappa shape index (κ3) is 4.14. The molecular formula is C19H23N3OS. The quantitative estimate of drug-likeness (QED) is 0.800. The summed E-state index contributed by atoms with van der Waals surface area (Å²) in [6.45, 7) is 3.16. The minimum Gasteiger partial charge on any atom is -0.481 e. The van der Waals surface area contributed by atoms with Crippen molar-refractivity contribution in [1.82, 2.24) is 9.88 Å². The lowest BCUT2D eigenvalue weighted by molar-refractivity contribution is 0.170. The van der Waals surface area contributed by atoms with Gasteiger partial charge in [-0.2, -0.15) is 5.26 Å². The number of hydrogen-bond donors (Lipinski definition) is 0. The van der Waals surface area contributed by atoms with Gasteiger partial charge in [-0.3, -0.25) is 4.90 Å². The van der Waals surface area contributed by atoms with Crippen LogP contribution in [0.1, 0.15) is 35.3 Å². The van der Waals surface area contributed by atoms with Crippen molar-refractivity contribution in [2.75, 3.05) is 20.2 Å². The molecule has 1 aliphatic rings. The van der Waals surface area contributed by atoms with Crippen LogP contribution in [0.2, 0.25) is 0 Å². The third-order valence-electron chi connectivity index (χ3n) is 4.79. The van der Waals surface area contributed by atoms with Gasteiger partial charge in [0, 0.05) is 23.2 Å². The predicted molar refractivity (Wildman–Crippen MR) is 96.1 cm³/mol. The summed E-state index contributed by atoms with van der Waals surface area (Å²) in [4.78, 5) is 8.02. The molecule has 2 aromatic rings. The Morgan fingerprint density at radius 3 is 2.96 bits per heavy atom. The smallest absolute Gasteiger partial charge is 0.217 e. The van der Waals surface area contributed by atoms with Gasteiger partial charge in [0.2, 0.25) is 5.88 Å². The normalized spacial score (nSPS) is 16.0. The van der Waals surface area contributed by atoms with Crippen molar-refractivity contribution in [2.45, 2.75) is 32.2 Å². The summed E-state index contributed by atoms with van der Waals surface area (Å²) in [6.07, 6.45) is 6.47. The first-order valence-electron chi connectivity index (χ1n) is 8.47. The van der Waals surface area contributed by atoms with E-state index in [2.05, 4.69) is 22.0 Å². The van der Waals surface area contributed by atoms with E-state index in [4.69, 9.17) is 10.00 Å². The zero-order valence-electron chi connectivity index (χ0n) is 14.1. The summed E-state index contributed by atoms with van der Waals surface area (Å²) in [5, 5.41) is 11.1. The molecule has 2 aromatic heterocycles. The number of thiophene rings is 1. The predicted octanol–water partition coefficient (Wildman–Crippen LogP) is 3.87. The van der Waals surface area contributed by atoms with Crippen LogP contribution < -0.4 is 4.74 Å². The van der Waals surface area contributed by atoms with E-state index < -0.39 is 0 Å². The molecule has 3 rings (SSSR count). The molecule has 4 nitrogen and oxygen atoms in total. The van der Waals surface area contributed by atoms with E-state index in [0.29, 0.717) is 0 Å². The van der Waals surface area contributed by atoms with Gasteiger partial charge in [-0.05, 0) is 62.2 Å². The number of hydrogen-bond acceptors (Lipinski definition) is 5. The van der Waals surface area contributed by atoms with E-state index in [9.17, 15) is 0 Å². The van der Waals surface area contributed by atoms with Crippen molar-refractivity contribution in [3.05, 3.63) is 45.8 Å². The molecule has 0 N–H and O–H groups in total. The fraction of sp³-hybridized carbons (Fsp3) is 0.474. The molecule has 126 valence electrons. The highest BCUT2D eigenvalue weighted by molar-refractivity contribution is 7.10. The van der Waals surface area contributed by atoms with E-state index in [1.54, 1.807) is 24.6 Å². The third-order valence-corrected chi connectivity index (χ3v) is 5.77. The largest absolute Gasteiger partial charge is 0.481 e. The highest BCUT2D eigenvalue weighted by atomic mass is 32.1. The molecule has 0 amide bonds. The molecule has 0 unspecified atom stereocenters. The average molecular weight is 341 g/mol. The summed E-state index contributed by atoms with van der Waals surface area (Å²) in [6, 6.07) is 8.29. The molecular weight excluding hydrogens is 318 g/mol. The Bertz CT molecular complexity index is 699. The number of aromatic nitrogens is 1. The van der Waals surface area contributed by atoms with Gasteiger partial charge in [0.05, 0.1) is 12.7 Å². The number of pyridine rings is 1. The van der Waals surface area contributed by atoms with Crippen molar-refractivity contribution in [1.29, 1.82) is 5.26 Å². The number of rotatable bonds is 6. The summed E-state index contributed by atoms with van der Waals surface area (Å²) in [5.41, 5.74) is 2.02. The van der Waals surface area contributed by atoms with Crippen molar-refractivity contribution in [3.63, 3.8) is 0 Å². The van der Waals surface area contributed by atoms with Crippen molar-refractivity contribution in [2.24, 2.45) is 5.92 Å². The minimum atomic E-state index is 0.737. The van der Waals surface area contributed by atoms with E-state index >= 15 is 0 Å². The number of ether oxygens (including phenoxy) is 1. The Balaban J connectivity index is 1.47. The molecule has 0 atom stereocenters. The molecule has 0 spiro atoms. The molecule has 1 aliphatic heterocycles. The van der Waals surface area contributed by atoms with Crippen LogP contribution in [0, 0.1) is 17.2 Å². The standard InChI is InChI=1S/C19H23N3OS/c1-23-19-17(3-2-9-21-19)14-22-10-6-15(7-11-22)4-5-18-16(13-20)8-12-24-18/h2-3,8-9,12,15H,4-7,10-11,14H2,1H3. The maximum Gasteiger partial charge on any atom is 0.217 e. The molecule has 3 heterocycles. The van der Waals surface area contributed by atoms with Gasteiger partial charge in [-0.1, -0.05) is 6.07 Å². The van der Waals surface area contributed by atoms with Gasteiger partial charge in [-0.15, -0.1) is 11.3 Å². The lowest BCUT2D eigenvalue weighted by Gasteiger charge is -2.32. The summed E-state index contributed by atoms with van der Waals surface area (Å²) in [5.74, 6) is 1.51. The van der Waals surface area contributed by atoms with E-state index in [1.165, 1.54) is 24.1 Å². The van der Waals surface area contributed by atoms with Crippen LogP contribution in [0.5, 0.6) is 5.88 Å². The molecule has 0 radical (unpaired) electrons. The number of methoxy groups -OCH3 is 1. The van der Waals surface area contributed by atoms with Crippen molar-refractivity contribution < 1.29 is 4.74 Å². The van der Waals surface area contributed by atoms with Gasteiger partial charge < -0.3 is 4.74 Å². The molecule has 5 heteroatoms. The van der Waals surface area contributed by atoms with Crippen LogP contribution in [0.25, 0.3) is 0 Å². The van der Waals surface area contributed by atoms with Crippen molar-refractivity contribution >= 4 is 11.3 Å². The number of nitriles is 1. The van der Waals surface area contributed by atoms with Crippen LogP contribution >= 0.6 is 11.3 Å². The summed E-state index contributed by atoms with van der Waals surface area (Å²) in [7, 11) is 1.68. The number of likely N-dealkylation sites (tertiary alicyclic amines) is 1. The van der Waals surface area contributed by atoms with Gasteiger partial charge in [-0.25, -0.2) is 4.98 Å². The topological polar surface area (TPSA) is 49.1 Å². The Morgan fingerprint density at radius 2 is 2.21 bits per heavy atom. The first-order valence-corrected chi connectivity index (χ1v) is 9.35. The van der Waals surface area contributed by atoms with Crippen LogP contribution in [-0.4, -0.2) is 30.1 Å². The maximum atomic E-state index is 9.10. The van der Waals surface area contributed by atoms with Crippen LogP contribution in [0.15, 0.2) is 29.8 Å². The highest BCUT2D eigenvalue weighted by Gasteiger charge is 2.20. The summed E-state index contributed by atoms with van der Waals surface area (Å²) < 4.78 is 5.35. The van der Waals surface area contributed by atoms with E-state index in [0.717, 1.165) is 49.0 Å². The second-order valence-electron chi connectivity index (χ2n) is 6.30. The highest BCUT2D eigenvalue weighted by Crippen LogP contribution is 2.27.